The lowest BCUT2D eigenvalue weighted by molar-refractivity contribution is 0.0649. The smallest absolute Gasteiger partial charge is 0.272 e. The van der Waals surface area contributed by atoms with Gasteiger partial charge in [-0.3, -0.25) is 4.79 Å². The number of amides is 1. The Kier molecular flexibility index (Phi) is 4.24. The molecule has 1 aromatic rings. The van der Waals surface area contributed by atoms with Crippen LogP contribution in [0.4, 0.5) is 5.69 Å². The molecule has 1 aromatic heterocycles. The number of nitrogens with zero attached hydrogens (tertiary/aromatic N) is 2. The van der Waals surface area contributed by atoms with Gasteiger partial charge in [0.1, 0.15) is 5.69 Å². The molecule has 8 heteroatoms. The van der Waals surface area contributed by atoms with Crippen LogP contribution >= 0.6 is 0 Å². The van der Waals surface area contributed by atoms with E-state index in [-0.39, 0.29) is 36.3 Å². The number of carbonyl (C=O) groups excluding carboxylic acids is 1. The summed E-state index contributed by atoms with van der Waals surface area (Å²) < 4.78 is 23.0. The Morgan fingerprint density at radius 1 is 1.50 bits per heavy atom. The lowest BCUT2D eigenvalue weighted by Crippen LogP contribution is -2.43. The van der Waals surface area contributed by atoms with Crippen molar-refractivity contribution >= 4 is 21.4 Å². The molecule has 0 spiro atoms. The largest absolute Gasteiger partial charge is 0.397 e. The van der Waals surface area contributed by atoms with Gasteiger partial charge in [-0.15, -0.1) is 0 Å². The van der Waals surface area contributed by atoms with Crippen molar-refractivity contribution in [1.29, 1.82) is 0 Å². The molecule has 0 bridgehead atoms. The van der Waals surface area contributed by atoms with E-state index in [0.29, 0.717) is 12.1 Å². The molecule has 1 atom stereocenters. The second-order valence-corrected chi connectivity index (χ2v) is 6.98. The highest BCUT2D eigenvalue weighted by Crippen LogP contribution is 2.19. The van der Waals surface area contributed by atoms with Gasteiger partial charge in [0.15, 0.2) is 9.84 Å². The number of aliphatic hydroxyl groups is 1. The number of hydrogen-bond donors (Lipinski definition) is 2. The standard InChI is InChI=1S/C12H17N3O4S/c13-9-1-2-11(14-7-9)12(17)15(4-5-16)10-3-6-20(18,19)8-10/h1-2,7,10,16H,3-6,8,13H2. The van der Waals surface area contributed by atoms with E-state index < -0.39 is 15.9 Å². The van der Waals surface area contributed by atoms with Gasteiger partial charge in [-0.05, 0) is 18.6 Å². The molecule has 3 N–H and O–H groups in total. The quantitative estimate of drug-likeness (QED) is 0.759. The van der Waals surface area contributed by atoms with Crippen molar-refractivity contribution in [3.63, 3.8) is 0 Å². The lowest BCUT2D eigenvalue weighted by Gasteiger charge is -2.27. The molecule has 0 aliphatic carbocycles. The SMILES string of the molecule is Nc1ccc(C(=O)N(CCO)C2CCS(=O)(=O)C2)nc1. The second kappa shape index (κ2) is 5.76. The predicted octanol–water partition coefficient (Wildman–Crippen LogP) is -0.715. The fraction of sp³-hybridized carbons (Fsp3) is 0.500. The average molecular weight is 299 g/mol. The van der Waals surface area contributed by atoms with Crippen LogP contribution < -0.4 is 5.73 Å². The van der Waals surface area contributed by atoms with Gasteiger partial charge in [-0.2, -0.15) is 0 Å². The Morgan fingerprint density at radius 2 is 2.25 bits per heavy atom. The number of nitrogens with two attached hydrogens (primary N) is 1. The molecule has 110 valence electrons. The van der Waals surface area contributed by atoms with E-state index in [1.807, 2.05) is 0 Å². The van der Waals surface area contributed by atoms with E-state index in [0.717, 1.165) is 0 Å². The van der Waals surface area contributed by atoms with Gasteiger partial charge in [0.05, 0.1) is 30.0 Å². The van der Waals surface area contributed by atoms with Crippen LogP contribution in [0, 0.1) is 0 Å². The topological polar surface area (TPSA) is 114 Å². The number of carbonyl (C=O) groups is 1. The van der Waals surface area contributed by atoms with Crippen molar-refractivity contribution in [2.24, 2.45) is 0 Å². The Balaban J connectivity index is 2.20. The number of pyridine rings is 1. The highest BCUT2D eigenvalue weighted by molar-refractivity contribution is 7.91. The maximum Gasteiger partial charge on any atom is 0.272 e. The third kappa shape index (κ3) is 3.26. The van der Waals surface area contributed by atoms with Crippen LogP contribution in [-0.4, -0.2) is 60.0 Å². The molecule has 0 aromatic carbocycles. The number of sulfone groups is 1. The van der Waals surface area contributed by atoms with Gasteiger partial charge < -0.3 is 15.7 Å². The van der Waals surface area contributed by atoms with E-state index in [9.17, 15) is 13.2 Å². The van der Waals surface area contributed by atoms with Crippen molar-refractivity contribution in [2.45, 2.75) is 12.5 Å². The van der Waals surface area contributed by atoms with Crippen LogP contribution in [-0.2, 0) is 9.84 Å². The zero-order chi connectivity index (χ0) is 14.8. The molecule has 20 heavy (non-hydrogen) atoms. The van der Waals surface area contributed by atoms with E-state index in [2.05, 4.69) is 4.98 Å². The van der Waals surface area contributed by atoms with E-state index >= 15 is 0 Å². The molecule has 7 nitrogen and oxygen atoms in total. The minimum atomic E-state index is -3.10. The van der Waals surface area contributed by atoms with Crippen molar-refractivity contribution in [1.82, 2.24) is 9.88 Å². The summed E-state index contributed by atoms with van der Waals surface area (Å²) in [6, 6.07) is 2.65. The number of hydrogen-bond acceptors (Lipinski definition) is 6. The minimum absolute atomic E-state index is 0.0618. The van der Waals surface area contributed by atoms with Gasteiger partial charge in [-0.25, -0.2) is 13.4 Å². The Labute approximate surface area is 117 Å². The van der Waals surface area contributed by atoms with Crippen molar-refractivity contribution in [2.75, 3.05) is 30.4 Å². The maximum atomic E-state index is 12.4. The number of aliphatic hydroxyl groups excluding tert-OH is 1. The van der Waals surface area contributed by atoms with Crippen LogP contribution in [0.3, 0.4) is 0 Å². The Morgan fingerprint density at radius 3 is 2.75 bits per heavy atom. The molecule has 1 aliphatic heterocycles. The number of nitrogen functional groups attached to an aromatic ring is 1. The first kappa shape index (κ1) is 14.7. The van der Waals surface area contributed by atoms with E-state index in [4.69, 9.17) is 10.8 Å². The predicted molar refractivity (Wildman–Crippen MR) is 73.8 cm³/mol. The summed E-state index contributed by atoms with van der Waals surface area (Å²) in [5.41, 5.74) is 6.15. The summed E-state index contributed by atoms with van der Waals surface area (Å²) in [6.07, 6.45) is 1.76. The van der Waals surface area contributed by atoms with E-state index in [1.54, 1.807) is 6.07 Å². The second-order valence-electron chi connectivity index (χ2n) is 4.76. The summed E-state index contributed by atoms with van der Waals surface area (Å²) in [5.74, 6) is -0.378. The van der Waals surface area contributed by atoms with Gasteiger partial charge in [0, 0.05) is 12.6 Å². The van der Waals surface area contributed by atoms with Crippen molar-refractivity contribution < 1.29 is 18.3 Å². The summed E-state index contributed by atoms with van der Waals surface area (Å²) in [4.78, 5) is 17.7. The molecule has 0 radical (unpaired) electrons. The van der Waals surface area contributed by atoms with Crippen molar-refractivity contribution in [3.8, 4) is 0 Å². The third-order valence-electron chi connectivity index (χ3n) is 3.26. The molecular weight excluding hydrogens is 282 g/mol. The zero-order valence-electron chi connectivity index (χ0n) is 10.9. The lowest BCUT2D eigenvalue weighted by atomic mass is 10.2. The molecule has 1 unspecified atom stereocenters. The molecule has 2 rings (SSSR count). The van der Waals surface area contributed by atoms with Crippen LogP contribution in [0.25, 0.3) is 0 Å². The van der Waals surface area contributed by atoms with Crippen LogP contribution in [0.5, 0.6) is 0 Å². The zero-order valence-corrected chi connectivity index (χ0v) is 11.7. The van der Waals surface area contributed by atoms with Gasteiger partial charge in [0.2, 0.25) is 0 Å². The molecular formula is C12H17N3O4S. The normalized spacial score (nSPS) is 20.8. The minimum Gasteiger partial charge on any atom is -0.397 e. The maximum absolute atomic E-state index is 12.4. The summed E-state index contributed by atoms with van der Waals surface area (Å²) >= 11 is 0. The molecule has 0 saturated carbocycles. The monoisotopic (exact) mass is 299 g/mol. The van der Waals surface area contributed by atoms with Crippen LogP contribution in [0.1, 0.15) is 16.9 Å². The van der Waals surface area contributed by atoms with E-state index in [1.165, 1.54) is 17.2 Å². The summed E-state index contributed by atoms with van der Waals surface area (Å²) in [5, 5.41) is 9.08. The van der Waals surface area contributed by atoms with Crippen molar-refractivity contribution in [3.05, 3.63) is 24.0 Å². The molecule has 1 fully saturated rings. The van der Waals surface area contributed by atoms with Crippen LogP contribution in [0.15, 0.2) is 18.3 Å². The highest BCUT2D eigenvalue weighted by atomic mass is 32.2. The first-order chi connectivity index (χ1) is 9.43. The first-order valence-electron chi connectivity index (χ1n) is 6.27. The Bertz CT molecular complexity index is 585. The van der Waals surface area contributed by atoms with Crippen LogP contribution in [0.2, 0.25) is 0 Å². The number of aromatic nitrogens is 1. The van der Waals surface area contributed by atoms with Gasteiger partial charge in [-0.1, -0.05) is 0 Å². The summed E-state index contributed by atoms with van der Waals surface area (Å²) in [7, 11) is -3.10. The van der Waals surface area contributed by atoms with Gasteiger partial charge in [0.25, 0.3) is 5.91 Å². The first-order valence-corrected chi connectivity index (χ1v) is 8.09. The molecule has 1 aliphatic rings. The fourth-order valence-corrected chi connectivity index (χ4v) is 3.99. The fourth-order valence-electron chi connectivity index (χ4n) is 2.26. The molecule has 2 heterocycles. The summed E-state index contributed by atoms with van der Waals surface area (Å²) in [6.45, 7) is -0.137. The number of anilines is 1. The average Bonchev–Trinajstić information content (AvgIpc) is 2.76. The third-order valence-corrected chi connectivity index (χ3v) is 5.01. The number of rotatable bonds is 4. The highest BCUT2D eigenvalue weighted by Gasteiger charge is 2.35. The molecule has 1 saturated heterocycles. The van der Waals surface area contributed by atoms with Gasteiger partial charge >= 0.3 is 0 Å². The molecule has 1 amide bonds. The Hall–Kier alpha value is -1.67.